The Labute approximate surface area is 105 Å². The maximum absolute atomic E-state index is 11.9. The van der Waals surface area contributed by atoms with Crippen molar-refractivity contribution in [2.45, 2.75) is 6.92 Å². The number of nitrogens with zero attached hydrogens (tertiary/aromatic N) is 2. The molecule has 18 heavy (non-hydrogen) atoms. The summed E-state index contributed by atoms with van der Waals surface area (Å²) < 4.78 is 4.93. The highest BCUT2D eigenvalue weighted by Crippen LogP contribution is 2.11. The average molecular weight is 243 g/mol. The number of nitrogens with one attached hydrogen (secondary N) is 1. The molecular weight excluding hydrogens is 230 g/mol. The van der Waals surface area contributed by atoms with Gasteiger partial charge in [-0.25, -0.2) is 4.98 Å². The Hall–Kier alpha value is -2.43. The fourth-order valence-electron chi connectivity index (χ4n) is 1.46. The molecule has 0 aliphatic carbocycles. The molecule has 2 aromatic heterocycles. The lowest BCUT2D eigenvalue weighted by atomic mass is 10.2. The maximum Gasteiger partial charge on any atom is 0.257 e. The minimum Gasteiger partial charge on any atom is -0.481 e. The Morgan fingerprint density at radius 3 is 2.72 bits per heavy atom. The number of aryl methyl sites for hydroxylation is 1. The third-order valence-corrected chi connectivity index (χ3v) is 2.36. The van der Waals surface area contributed by atoms with E-state index in [0.29, 0.717) is 17.1 Å². The lowest BCUT2D eigenvalue weighted by Crippen LogP contribution is -2.12. The van der Waals surface area contributed by atoms with E-state index in [0.717, 1.165) is 5.69 Å². The van der Waals surface area contributed by atoms with Crippen molar-refractivity contribution in [2.75, 3.05) is 12.4 Å². The van der Waals surface area contributed by atoms with Crippen LogP contribution >= 0.6 is 0 Å². The van der Waals surface area contributed by atoms with Gasteiger partial charge >= 0.3 is 0 Å². The Morgan fingerprint density at radius 2 is 2.11 bits per heavy atom. The molecule has 0 aliphatic rings. The molecule has 5 nitrogen and oxygen atoms in total. The van der Waals surface area contributed by atoms with Gasteiger partial charge in [0.05, 0.1) is 12.7 Å². The number of hydrogen-bond donors (Lipinski definition) is 1. The van der Waals surface area contributed by atoms with Crippen molar-refractivity contribution in [1.29, 1.82) is 0 Å². The third-order valence-electron chi connectivity index (χ3n) is 2.36. The molecule has 2 aromatic rings. The molecule has 0 aliphatic heterocycles. The SMILES string of the molecule is COc1ccc(C(=O)Nc2ccnc(C)c2)cn1. The summed E-state index contributed by atoms with van der Waals surface area (Å²) in [5.74, 6) is 0.266. The highest BCUT2D eigenvalue weighted by Gasteiger charge is 2.06. The lowest BCUT2D eigenvalue weighted by molar-refractivity contribution is 0.102. The minimum atomic E-state index is -0.212. The maximum atomic E-state index is 11.9. The molecule has 0 fully saturated rings. The van der Waals surface area contributed by atoms with Gasteiger partial charge in [0.2, 0.25) is 5.88 Å². The highest BCUT2D eigenvalue weighted by atomic mass is 16.5. The molecule has 92 valence electrons. The van der Waals surface area contributed by atoms with Gasteiger partial charge in [-0.3, -0.25) is 9.78 Å². The predicted octanol–water partition coefficient (Wildman–Crippen LogP) is 2.05. The van der Waals surface area contributed by atoms with Gasteiger partial charge in [-0.05, 0) is 25.1 Å². The van der Waals surface area contributed by atoms with Crippen LogP contribution in [0.3, 0.4) is 0 Å². The Balaban J connectivity index is 2.11. The van der Waals surface area contributed by atoms with Crippen molar-refractivity contribution >= 4 is 11.6 Å². The monoisotopic (exact) mass is 243 g/mol. The summed E-state index contributed by atoms with van der Waals surface area (Å²) in [7, 11) is 1.53. The van der Waals surface area contributed by atoms with Gasteiger partial charge in [0.25, 0.3) is 5.91 Å². The standard InChI is InChI=1S/C13H13N3O2/c1-9-7-11(5-6-14-9)16-13(17)10-3-4-12(18-2)15-8-10/h3-8H,1-2H3,(H,14,16,17). The van der Waals surface area contributed by atoms with Crippen LogP contribution in [0.15, 0.2) is 36.7 Å². The molecule has 2 rings (SSSR count). The lowest BCUT2D eigenvalue weighted by Gasteiger charge is -2.05. The number of anilines is 1. The first kappa shape index (κ1) is 12.0. The second-order valence-corrected chi connectivity index (χ2v) is 3.73. The zero-order valence-electron chi connectivity index (χ0n) is 10.2. The molecule has 0 saturated carbocycles. The number of carbonyl (C=O) groups excluding carboxylic acids is 1. The summed E-state index contributed by atoms with van der Waals surface area (Å²) in [6.07, 6.45) is 3.12. The van der Waals surface area contributed by atoms with Crippen molar-refractivity contribution in [2.24, 2.45) is 0 Å². The molecule has 0 unspecified atom stereocenters. The Morgan fingerprint density at radius 1 is 1.28 bits per heavy atom. The molecule has 1 N–H and O–H groups in total. The normalized spacial score (nSPS) is 9.89. The number of aromatic nitrogens is 2. The van der Waals surface area contributed by atoms with E-state index in [4.69, 9.17) is 4.74 Å². The summed E-state index contributed by atoms with van der Waals surface area (Å²) in [5, 5.41) is 2.78. The summed E-state index contributed by atoms with van der Waals surface area (Å²) in [5.41, 5.74) is 2.04. The quantitative estimate of drug-likeness (QED) is 0.896. The van der Waals surface area contributed by atoms with E-state index in [2.05, 4.69) is 15.3 Å². The van der Waals surface area contributed by atoms with E-state index in [1.807, 2.05) is 6.92 Å². The van der Waals surface area contributed by atoms with Crippen molar-refractivity contribution in [3.63, 3.8) is 0 Å². The molecule has 0 atom stereocenters. The molecule has 2 heterocycles. The molecule has 0 aromatic carbocycles. The molecule has 5 heteroatoms. The molecule has 0 spiro atoms. The summed E-state index contributed by atoms with van der Waals surface area (Å²) in [4.78, 5) is 20.0. The minimum absolute atomic E-state index is 0.212. The Kier molecular flexibility index (Phi) is 3.52. The smallest absolute Gasteiger partial charge is 0.257 e. The number of carbonyl (C=O) groups is 1. The van der Waals surface area contributed by atoms with E-state index < -0.39 is 0 Å². The fourth-order valence-corrected chi connectivity index (χ4v) is 1.46. The molecule has 0 bridgehead atoms. The van der Waals surface area contributed by atoms with Gasteiger partial charge in [0.15, 0.2) is 0 Å². The first-order valence-corrected chi connectivity index (χ1v) is 5.43. The van der Waals surface area contributed by atoms with Gasteiger partial charge in [-0.15, -0.1) is 0 Å². The van der Waals surface area contributed by atoms with Gasteiger partial charge in [-0.1, -0.05) is 0 Å². The summed E-state index contributed by atoms with van der Waals surface area (Å²) in [6.45, 7) is 1.87. The van der Waals surface area contributed by atoms with E-state index in [-0.39, 0.29) is 5.91 Å². The van der Waals surface area contributed by atoms with Gasteiger partial charge in [-0.2, -0.15) is 0 Å². The number of amides is 1. The van der Waals surface area contributed by atoms with Crippen molar-refractivity contribution < 1.29 is 9.53 Å². The van der Waals surface area contributed by atoms with Crippen LogP contribution in [0.5, 0.6) is 5.88 Å². The first-order valence-electron chi connectivity index (χ1n) is 5.43. The summed E-state index contributed by atoms with van der Waals surface area (Å²) in [6, 6.07) is 6.85. The molecular formula is C13H13N3O2. The molecule has 1 amide bonds. The number of methoxy groups -OCH3 is 1. The topological polar surface area (TPSA) is 64.1 Å². The predicted molar refractivity (Wildman–Crippen MR) is 67.7 cm³/mol. The molecule has 0 radical (unpaired) electrons. The summed E-state index contributed by atoms with van der Waals surface area (Å²) >= 11 is 0. The third kappa shape index (κ3) is 2.82. The number of rotatable bonds is 3. The van der Waals surface area contributed by atoms with Crippen molar-refractivity contribution in [1.82, 2.24) is 9.97 Å². The van der Waals surface area contributed by atoms with Crippen LogP contribution in [0.4, 0.5) is 5.69 Å². The Bertz CT molecular complexity index is 552. The average Bonchev–Trinajstić information content (AvgIpc) is 2.39. The number of hydrogen-bond acceptors (Lipinski definition) is 4. The number of ether oxygens (including phenoxy) is 1. The zero-order valence-corrected chi connectivity index (χ0v) is 10.2. The van der Waals surface area contributed by atoms with Gasteiger partial charge < -0.3 is 10.1 Å². The van der Waals surface area contributed by atoms with Crippen LogP contribution in [0, 0.1) is 6.92 Å². The van der Waals surface area contributed by atoms with Gasteiger partial charge in [0, 0.05) is 29.8 Å². The molecule has 0 saturated heterocycles. The van der Waals surface area contributed by atoms with E-state index >= 15 is 0 Å². The van der Waals surface area contributed by atoms with Crippen LogP contribution < -0.4 is 10.1 Å². The van der Waals surface area contributed by atoms with Crippen LogP contribution in [0.1, 0.15) is 16.1 Å². The van der Waals surface area contributed by atoms with Crippen molar-refractivity contribution in [3.05, 3.63) is 47.9 Å². The van der Waals surface area contributed by atoms with Crippen molar-refractivity contribution in [3.8, 4) is 5.88 Å². The van der Waals surface area contributed by atoms with Gasteiger partial charge in [0.1, 0.15) is 0 Å². The van der Waals surface area contributed by atoms with E-state index in [1.54, 1.807) is 30.5 Å². The second-order valence-electron chi connectivity index (χ2n) is 3.73. The second kappa shape index (κ2) is 5.27. The van der Waals surface area contributed by atoms with Crippen LogP contribution in [0.25, 0.3) is 0 Å². The van der Waals surface area contributed by atoms with Crippen LogP contribution in [0.2, 0.25) is 0 Å². The largest absolute Gasteiger partial charge is 0.481 e. The van der Waals surface area contributed by atoms with E-state index in [9.17, 15) is 4.79 Å². The zero-order chi connectivity index (χ0) is 13.0. The van der Waals surface area contributed by atoms with Crippen LogP contribution in [-0.2, 0) is 0 Å². The number of pyridine rings is 2. The van der Waals surface area contributed by atoms with E-state index in [1.165, 1.54) is 13.3 Å². The van der Waals surface area contributed by atoms with Crippen LogP contribution in [-0.4, -0.2) is 23.0 Å². The highest BCUT2D eigenvalue weighted by molar-refractivity contribution is 6.04. The first-order chi connectivity index (χ1) is 8.69. The fraction of sp³-hybridized carbons (Fsp3) is 0.154.